The molecular formula is C14H19N2O6S2+. The van der Waals surface area contributed by atoms with E-state index in [0.29, 0.717) is 11.3 Å². The molecule has 2 N–H and O–H groups in total. The summed E-state index contributed by atoms with van der Waals surface area (Å²) in [6.45, 7) is 5.26. The van der Waals surface area contributed by atoms with Crippen molar-refractivity contribution in [2.75, 3.05) is 12.8 Å². The van der Waals surface area contributed by atoms with Crippen LogP contribution in [0.15, 0.2) is 23.1 Å². The van der Waals surface area contributed by atoms with Gasteiger partial charge in [-0.05, 0) is 26.0 Å². The van der Waals surface area contributed by atoms with Gasteiger partial charge in [-0.3, -0.25) is 9.35 Å². The Hall–Kier alpha value is -1.78. The molecule has 0 aromatic heterocycles. The van der Waals surface area contributed by atoms with Crippen molar-refractivity contribution >= 4 is 37.4 Å². The second kappa shape index (κ2) is 5.64. The lowest BCUT2D eigenvalue weighted by Gasteiger charge is -2.15. The van der Waals surface area contributed by atoms with Gasteiger partial charge in [0.1, 0.15) is 0 Å². The normalized spacial score (nSPS) is 16.9. The van der Waals surface area contributed by atoms with Gasteiger partial charge in [-0.25, -0.2) is 13.1 Å². The second-order valence-corrected chi connectivity index (χ2v) is 9.42. The zero-order chi connectivity index (χ0) is 18.5. The highest BCUT2D eigenvalue weighted by Gasteiger charge is 2.44. The molecule has 2 rings (SSSR count). The second-order valence-electron chi connectivity index (χ2n) is 6.25. The molecule has 1 amide bonds. The molecule has 1 aromatic rings. The maximum atomic E-state index is 11.9. The Morgan fingerprint density at radius 2 is 1.83 bits per heavy atom. The summed E-state index contributed by atoms with van der Waals surface area (Å²) in [5, 5.41) is 0. The molecule has 8 nitrogen and oxygen atoms in total. The van der Waals surface area contributed by atoms with Crippen molar-refractivity contribution in [2.24, 2.45) is 0 Å². The van der Waals surface area contributed by atoms with Crippen LogP contribution in [0.4, 0.5) is 5.69 Å². The Labute approximate surface area is 141 Å². The molecule has 1 aliphatic rings. The van der Waals surface area contributed by atoms with Gasteiger partial charge in [0, 0.05) is 18.6 Å². The van der Waals surface area contributed by atoms with Crippen LogP contribution in [-0.4, -0.2) is 50.4 Å². The molecule has 132 valence electrons. The van der Waals surface area contributed by atoms with Gasteiger partial charge in [-0.1, -0.05) is 0 Å². The lowest BCUT2D eigenvalue weighted by molar-refractivity contribution is -0.426. The highest BCUT2D eigenvalue weighted by molar-refractivity contribution is 7.89. The predicted octanol–water partition coefficient (Wildman–Crippen LogP) is 0.405. The first-order valence-electron chi connectivity index (χ1n) is 6.97. The zero-order valence-electron chi connectivity index (χ0n) is 13.7. The first-order chi connectivity index (χ1) is 10.7. The van der Waals surface area contributed by atoms with Crippen molar-refractivity contribution in [3.63, 3.8) is 0 Å². The van der Waals surface area contributed by atoms with Crippen LogP contribution >= 0.6 is 0 Å². The molecule has 0 saturated heterocycles. The Bertz CT molecular complexity index is 959. The first-order valence-corrected chi connectivity index (χ1v) is 10.3. The Kier molecular flexibility index (Phi) is 4.36. The van der Waals surface area contributed by atoms with Gasteiger partial charge in [0.2, 0.25) is 22.3 Å². The summed E-state index contributed by atoms with van der Waals surface area (Å²) in [7, 11) is -8.01. The van der Waals surface area contributed by atoms with Crippen molar-refractivity contribution < 1.29 is 30.8 Å². The topological polar surface area (TPSA) is 121 Å². The molecule has 1 heterocycles. The number of hydrogen-bond donors (Lipinski definition) is 2. The molecule has 10 heteroatoms. The average molecular weight is 375 g/mol. The largest absolute Gasteiger partial charge is 0.299 e. The summed E-state index contributed by atoms with van der Waals surface area (Å²) in [5.41, 5.74) is 1.39. The van der Waals surface area contributed by atoms with Gasteiger partial charge in [-0.15, -0.1) is 0 Å². The fourth-order valence-electron chi connectivity index (χ4n) is 2.71. The molecule has 0 saturated carbocycles. The smallest absolute Gasteiger partial charge is 0.282 e. The van der Waals surface area contributed by atoms with E-state index < -0.39 is 31.5 Å². The van der Waals surface area contributed by atoms with Gasteiger partial charge in [0.05, 0.1) is 16.6 Å². The van der Waals surface area contributed by atoms with Crippen molar-refractivity contribution in [3.05, 3.63) is 23.8 Å². The quantitative estimate of drug-likeness (QED) is 0.581. The SMILES string of the molecule is CC1=[N+](CC(=O)NS(C)(=O)=O)c2ccc(S(=O)(=O)O)cc2C1(C)C. The third-order valence-corrected chi connectivity index (χ3v) is 5.59. The number of sulfonamides is 1. The summed E-state index contributed by atoms with van der Waals surface area (Å²) in [6.07, 6.45) is 0.891. The Morgan fingerprint density at radius 1 is 1.25 bits per heavy atom. The molecule has 0 bridgehead atoms. The molecule has 1 aromatic carbocycles. The number of hydrogen-bond acceptors (Lipinski definition) is 5. The van der Waals surface area contributed by atoms with Gasteiger partial charge in [-0.2, -0.15) is 13.0 Å². The van der Waals surface area contributed by atoms with Crippen molar-refractivity contribution in [2.45, 2.75) is 31.1 Å². The van der Waals surface area contributed by atoms with E-state index in [1.54, 1.807) is 11.5 Å². The maximum Gasteiger partial charge on any atom is 0.299 e. The minimum Gasteiger partial charge on any atom is -0.282 e. The summed E-state index contributed by atoms with van der Waals surface area (Å²) < 4.78 is 57.8. The summed E-state index contributed by atoms with van der Waals surface area (Å²) in [5.74, 6) is -0.695. The highest BCUT2D eigenvalue weighted by Crippen LogP contribution is 2.40. The van der Waals surface area contributed by atoms with Crippen LogP contribution in [0.5, 0.6) is 0 Å². The van der Waals surface area contributed by atoms with E-state index in [4.69, 9.17) is 0 Å². The molecule has 0 fully saturated rings. The van der Waals surface area contributed by atoms with Crippen LogP contribution in [0.25, 0.3) is 0 Å². The van der Waals surface area contributed by atoms with E-state index >= 15 is 0 Å². The van der Waals surface area contributed by atoms with Gasteiger partial charge < -0.3 is 0 Å². The highest BCUT2D eigenvalue weighted by atomic mass is 32.2. The molecule has 24 heavy (non-hydrogen) atoms. The maximum absolute atomic E-state index is 11.9. The fraction of sp³-hybridized carbons (Fsp3) is 0.429. The number of fused-ring (bicyclic) bond motifs is 1. The van der Waals surface area contributed by atoms with Gasteiger partial charge in [0.15, 0.2) is 5.71 Å². The van der Waals surface area contributed by atoms with E-state index in [1.165, 1.54) is 18.2 Å². The van der Waals surface area contributed by atoms with Crippen molar-refractivity contribution in [3.8, 4) is 0 Å². The monoisotopic (exact) mass is 375 g/mol. The minimum absolute atomic E-state index is 0.222. The van der Waals surface area contributed by atoms with Crippen molar-refractivity contribution in [1.82, 2.24) is 4.72 Å². The lowest BCUT2D eigenvalue weighted by Crippen LogP contribution is -2.36. The fourth-order valence-corrected chi connectivity index (χ4v) is 3.70. The number of carbonyl (C=O) groups is 1. The summed E-state index contributed by atoms with van der Waals surface area (Å²) in [4.78, 5) is 11.7. The number of rotatable bonds is 4. The van der Waals surface area contributed by atoms with E-state index in [-0.39, 0.29) is 11.4 Å². The minimum atomic E-state index is -4.34. The number of benzene rings is 1. The molecule has 0 atom stereocenters. The molecule has 1 aliphatic heterocycles. The number of amides is 1. The van der Waals surface area contributed by atoms with Crippen LogP contribution in [0, 0.1) is 0 Å². The molecule has 0 unspecified atom stereocenters. The van der Waals surface area contributed by atoms with Crippen molar-refractivity contribution in [1.29, 1.82) is 0 Å². The van der Waals surface area contributed by atoms with Gasteiger partial charge >= 0.3 is 0 Å². The van der Waals surface area contributed by atoms with Crippen LogP contribution in [0.3, 0.4) is 0 Å². The zero-order valence-corrected chi connectivity index (χ0v) is 15.3. The number of nitrogens with one attached hydrogen (secondary N) is 1. The van der Waals surface area contributed by atoms with Crippen LogP contribution in [-0.2, 0) is 30.4 Å². The average Bonchev–Trinajstić information content (AvgIpc) is 2.57. The lowest BCUT2D eigenvalue weighted by atomic mass is 9.82. The number of nitrogens with zero attached hydrogens (tertiary/aromatic N) is 1. The van der Waals surface area contributed by atoms with E-state index in [1.807, 2.05) is 18.6 Å². The molecule has 0 radical (unpaired) electrons. The molecule has 0 spiro atoms. The van der Waals surface area contributed by atoms with E-state index in [9.17, 15) is 26.2 Å². The van der Waals surface area contributed by atoms with Crippen LogP contribution in [0.2, 0.25) is 0 Å². The Morgan fingerprint density at radius 3 is 2.33 bits per heavy atom. The van der Waals surface area contributed by atoms with Crippen LogP contribution < -0.4 is 4.72 Å². The van der Waals surface area contributed by atoms with E-state index in [0.717, 1.165) is 12.0 Å². The Balaban J connectivity index is 2.50. The molecular weight excluding hydrogens is 356 g/mol. The summed E-state index contributed by atoms with van der Waals surface area (Å²) in [6, 6.07) is 4.09. The van der Waals surface area contributed by atoms with Gasteiger partial charge in [0.25, 0.3) is 16.0 Å². The van der Waals surface area contributed by atoms with E-state index in [2.05, 4.69) is 0 Å². The first kappa shape index (κ1) is 18.6. The van der Waals surface area contributed by atoms with Crippen LogP contribution in [0.1, 0.15) is 26.3 Å². The third kappa shape index (κ3) is 3.50. The number of carbonyl (C=O) groups excluding carboxylic acids is 1. The predicted molar refractivity (Wildman–Crippen MR) is 87.7 cm³/mol. The summed E-state index contributed by atoms with van der Waals surface area (Å²) >= 11 is 0. The molecule has 0 aliphatic carbocycles. The standard InChI is InChI=1S/C14H18N2O6S2/c1-9-14(2,3)11-7-10(24(20,21)22)5-6-12(11)16(9)8-13(17)15-23(4,18)19/h5-7H,8H2,1-4H3,(H-,15,17,20,21,22)/p+1. The third-order valence-electron chi connectivity index (χ3n) is 4.14.